The van der Waals surface area contributed by atoms with Gasteiger partial charge >= 0.3 is 0 Å². The average Bonchev–Trinajstić information content (AvgIpc) is 2.39. The summed E-state index contributed by atoms with van der Waals surface area (Å²) in [5, 5.41) is 3.68. The van der Waals surface area contributed by atoms with E-state index in [9.17, 15) is 0 Å². The van der Waals surface area contributed by atoms with Gasteiger partial charge in [0.15, 0.2) is 0 Å². The van der Waals surface area contributed by atoms with Crippen LogP contribution < -0.4 is 11.1 Å². The van der Waals surface area contributed by atoms with Crippen LogP contribution in [0.1, 0.15) is 52.9 Å². The van der Waals surface area contributed by atoms with Gasteiger partial charge in [-0.3, -0.25) is 0 Å². The fraction of sp³-hybridized carbons (Fsp3) is 1.00. The van der Waals surface area contributed by atoms with Gasteiger partial charge in [0.1, 0.15) is 0 Å². The van der Waals surface area contributed by atoms with E-state index >= 15 is 0 Å². The van der Waals surface area contributed by atoms with Gasteiger partial charge < -0.3 is 15.8 Å². The normalized spacial score (nSPS) is 28.6. The molecule has 0 unspecified atom stereocenters. The zero-order valence-corrected chi connectivity index (χ0v) is 13.4. The van der Waals surface area contributed by atoms with E-state index in [-0.39, 0.29) is 0 Å². The average molecular weight is 270 g/mol. The van der Waals surface area contributed by atoms with Crippen LogP contribution in [0.2, 0.25) is 0 Å². The van der Waals surface area contributed by atoms with Crippen LogP contribution in [0.25, 0.3) is 0 Å². The Morgan fingerprint density at radius 1 is 1.32 bits per heavy atom. The van der Waals surface area contributed by atoms with Crippen molar-refractivity contribution in [1.29, 1.82) is 0 Å². The van der Waals surface area contributed by atoms with Gasteiger partial charge in [-0.05, 0) is 42.6 Å². The highest BCUT2D eigenvalue weighted by molar-refractivity contribution is 4.88. The number of hydrogen-bond acceptors (Lipinski definition) is 3. The SMILES string of the molecule is COCCC(C)(C)CNCC1(CN)CCC(C)CC1. The van der Waals surface area contributed by atoms with Gasteiger partial charge in [0, 0.05) is 26.8 Å². The standard InChI is InChI=1S/C16H34N2O/c1-14-5-7-16(11-17,8-6-14)13-18-12-15(2,3)9-10-19-4/h14,18H,5-13,17H2,1-4H3. The van der Waals surface area contributed by atoms with Crippen molar-refractivity contribution in [3.05, 3.63) is 0 Å². The summed E-state index contributed by atoms with van der Waals surface area (Å²) in [5.41, 5.74) is 6.70. The molecule has 0 aromatic carbocycles. The first-order valence-corrected chi connectivity index (χ1v) is 7.83. The summed E-state index contributed by atoms with van der Waals surface area (Å²) in [4.78, 5) is 0. The van der Waals surface area contributed by atoms with Gasteiger partial charge in [0.2, 0.25) is 0 Å². The highest BCUT2D eigenvalue weighted by Gasteiger charge is 2.33. The summed E-state index contributed by atoms with van der Waals surface area (Å²) in [6, 6.07) is 0. The van der Waals surface area contributed by atoms with Gasteiger partial charge in [-0.25, -0.2) is 0 Å². The van der Waals surface area contributed by atoms with Crippen molar-refractivity contribution in [3.63, 3.8) is 0 Å². The molecule has 0 radical (unpaired) electrons. The monoisotopic (exact) mass is 270 g/mol. The largest absolute Gasteiger partial charge is 0.385 e. The number of nitrogens with two attached hydrogens (primary N) is 1. The lowest BCUT2D eigenvalue weighted by Crippen LogP contribution is -2.45. The van der Waals surface area contributed by atoms with E-state index in [1.165, 1.54) is 25.7 Å². The molecule has 19 heavy (non-hydrogen) atoms. The van der Waals surface area contributed by atoms with Crippen LogP contribution in [-0.4, -0.2) is 33.4 Å². The Bertz CT molecular complexity index is 245. The van der Waals surface area contributed by atoms with Crippen molar-refractivity contribution in [2.24, 2.45) is 22.5 Å². The molecule has 1 fully saturated rings. The molecule has 0 spiro atoms. The van der Waals surface area contributed by atoms with Crippen molar-refractivity contribution >= 4 is 0 Å². The van der Waals surface area contributed by atoms with Crippen LogP contribution in [0.3, 0.4) is 0 Å². The number of ether oxygens (including phenoxy) is 1. The molecule has 0 amide bonds. The first kappa shape index (κ1) is 16.9. The topological polar surface area (TPSA) is 47.3 Å². The minimum atomic E-state index is 0.299. The van der Waals surface area contributed by atoms with Crippen molar-refractivity contribution in [2.45, 2.75) is 52.9 Å². The fourth-order valence-electron chi connectivity index (χ4n) is 2.96. The highest BCUT2D eigenvalue weighted by Crippen LogP contribution is 2.37. The molecule has 1 saturated carbocycles. The summed E-state index contributed by atoms with van der Waals surface area (Å²) in [7, 11) is 1.77. The quantitative estimate of drug-likeness (QED) is 0.713. The van der Waals surface area contributed by atoms with E-state index in [0.29, 0.717) is 10.8 Å². The molecular weight excluding hydrogens is 236 g/mol. The lowest BCUT2D eigenvalue weighted by molar-refractivity contribution is 0.134. The lowest BCUT2D eigenvalue weighted by Gasteiger charge is -2.39. The first-order valence-electron chi connectivity index (χ1n) is 7.83. The Balaban J connectivity index is 2.33. The number of methoxy groups -OCH3 is 1. The minimum Gasteiger partial charge on any atom is -0.385 e. The predicted octanol–water partition coefficient (Wildman–Crippen LogP) is 2.79. The third-order valence-corrected chi connectivity index (χ3v) is 4.85. The third kappa shape index (κ3) is 5.80. The second-order valence-electron chi connectivity index (χ2n) is 7.40. The third-order valence-electron chi connectivity index (χ3n) is 4.85. The van der Waals surface area contributed by atoms with Gasteiger partial charge in [-0.2, -0.15) is 0 Å². The molecule has 114 valence electrons. The smallest absolute Gasteiger partial charge is 0.0467 e. The maximum absolute atomic E-state index is 6.05. The number of rotatable bonds is 8. The van der Waals surface area contributed by atoms with Crippen LogP contribution in [0, 0.1) is 16.7 Å². The van der Waals surface area contributed by atoms with Crippen LogP contribution in [-0.2, 0) is 4.74 Å². The number of nitrogens with one attached hydrogen (secondary N) is 1. The summed E-state index contributed by atoms with van der Waals surface area (Å²) in [5.74, 6) is 0.887. The van der Waals surface area contributed by atoms with E-state index in [1.54, 1.807) is 7.11 Å². The molecule has 0 atom stereocenters. The highest BCUT2D eigenvalue weighted by atomic mass is 16.5. The zero-order chi connectivity index (χ0) is 14.4. The van der Waals surface area contributed by atoms with Crippen LogP contribution >= 0.6 is 0 Å². The summed E-state index contributed by atoms with van der Waals surface area (Å²) in [6.45, 7) is 10.8. The summed E-state index contributed by atoms with van der Waals surface area (Å²) in [6.07, 6.45) is 6.35. The molecule has 0 aromatic rings. The molecule has 3 nitrogen and oxygen atoms in total. The molecule has 0 saturated heterocycles. The summed E-state index contributed by atoms with van der Waals surface area (Å²) >= 11 is 0. The summed E-state index contributed by atoms with van der Waals surface area (Å²) < 4.78 is 5.18. The Labute approximate surface area is 119 Å². The van der Waals surface area contributed by atoms with Gasteiger partial charge in [0.05, 0.1) is 0 Å². The Kier molecular flexibility index (Phi) is 6.78. The molecule has 1 aliphatic rings. The predicted molar refractivity (Wildman–Crippen MR) is 82.3 cm³/mol. The number of hydrogen-bond donors (Lipinski definition) is 2. The van der Waals surface area contributed by atoms with Crippen LogP contribution in [0.15, 0.2) is 0 Å². The molecule has 3 heteroatoms. The molecular formula is C16H34N2O. The molecule has 3 N–H and O–H groups in total. The Morgan fingerprint density at radius 2 is 1.95 bits per heavy atom. The van der Waals surface area contributed by atoms with Crippen molar-refractivity contribution in [3.8, 4) is 0 Å². The van der Waals surface area contributed by atoms with Crippen LogP contribution in [0.4, 0.5) is 0 Å². The van der Waals surface area contributed by atoms with Crippen molar-refractivity contribution in [1.82, 2.24) is 5.32 Å². The Hall–Kier alpha value is -0.120. The fourth-order valence-corrected chi connectivity index (χ4v) is 2.96. The Morgan fingerprint density at radius 3 is 2.47 bits per heavy atom. The first-order chi connectivity index (χ1) is 8.93. The van der Waals surface area contributed by atoms with Crippen LogP contribution in [0.5, 0.6) is 0 Å². The maximum atomic E-state index is 6.05. The van der Waals surface area contributed by atoms with Gasteiger partial charge in [-0.1, -0.05) is 33.6 Å². The van der Waals surface area contributed by atoms with E-state index in [2.05, 4.69) is 26.1 Å². The second kappa shape index (κ2) is 7.61. The van der Waals surface area contributed by atoms with Gasteiger partial charge in [0.25, 0.3) is 0 Å². The molecule has 0 aromatic heterocycles. The molecule has 0 bridgehead atoms. The molecule has 0 heterocycles. The van der Waals surface area contributed by atoms with E-state index in [0.717, 1.165) is 38.6 Å². The lowest BCUT2D eigenvalue weighted by atomic mass is 9.70. The van der Waals surface area contributed by atoms with Crippen molar-refractivity contribution < 1.29 is 4.74 Å². The van der Waals surface area contributed by atoms with E-state index < -0.39 is 0 Å². The second-order valence-corrected chi connectivity index (χ2v) is 7.40. The maximum Gasteiger partial charge on any atom is 0.0467 e. The minimum absolute atomic E-state index is 0.299. The zero-order valence-electron chi connectivity index (χ0n) is 13.4. The van der Waals surface area contributed by atoms with Gasteiger partial charge in [-0.15, -0.1) is 0 Å². The van der Waals surface area contributed by atoms with Crippen molar-refractivity contribution in [2.75, 3.05) is 33.4 Å². The molecule has 0 aliphatic heterocycles. The molecule has 1 aliphatic carbocycles. The molecule has 1 rings (SSSR count). The van der Waals surface area contributed by atoms with E-state index in [1.807, 2.05) is 0 Å². The van der Waals surface area contributed by atoms with E-state index in [4.69, 9.17) is 10.5 Å².